The van der Waals surface area contributed by atoms with E-state index in [1.807, 2.05) is 0 Å². The third-order valence-corrected chi connectivity index (χ3v) is 2.00. The summed E-state index contributed by atoms with van der Waals surface area (Å²) in [5.41, 5.74) is 6.47. The molecule has 0 heterocycles. The zero-order valence-electron chi connectivity index (χ0n) is 6.08. The van der Waals surface area contributed by atoms with Crippen molar-refractivity contribution in [1.29, 1.82) is 0 Å². The summed E-state index contributed by atoms with van der Waals surface area (Å²) in [4.78, 5) is 0. The summed E-state index contributed by atoms with van der Waals surface area (Å²) in [7, 11) is 0. The maximum absolute atomic E-state index is 8.49. The Bertz CT molecular complexity index is 134. The van der Waals surface area contributed by atoms with Crippen LogP contribution in [0.1, 0.15) is 32.1 Å². The molecule has 1 saturated carbocycles. The predicted octanol–water partition coefficient (Wildman–Crippen LogP) is 1.11. The second-order valence-electron chi connectivity index (χ2n) is 2.80. The highest BCUT2D eigenvalue weighted by Gasteiger charge is 2.14. The zero-order chi connectivity index (χ0) is 7.40. The molecule has 3 N–H and O–H groups in total. The van der Waals surface area contributed by atoms with Crippen LogP contribution in [0.2, 0.25) is 0 Å². The second-order valence-corrected chi connectivity index (χ2v) is 2.80. The topological polar surface area (TPSA) is 58.6 Å². The molecular weight excluding hydrogens is 128 g/mol. The monoisotopic (exact) mass is 142 g/mol. The summed E-state index contributed by atoms with van der Waals surface area (Å²) in [5, 5.41) is 11.7. The van der Waals surface area contributed by atoms with E-state index >= 15 is 0 Å². The van der Waals surface area contributed by atoms with Gasteiger partial charge in [-0.1, -0.05) is 18.0 Å². The van der Waals surface area contributed by atoms with Crippen molar-refractivity contribution < 1.29 is 5.21 Å². The van der Waals surface area contributed by atoms with Crippen LogP contribution in [0.4, 0.5) is 0 Å². The van der Waals surface area contributed by atoms with Gasteiger partial charge in [0.05, 0.1) is 5.71 Å². The predicted molar refractivity (Wildman–Crippen MR) is 40.3 cm³/mol. The van der Waals surface area contributed by atoms with Crippen LogP contribution in [-0.4, -0.2) is 17.0 Å². The van der Waals surface area contributed by atoms with Gasteiger partial charge in [0.1, 0.15) is 0 Å². The lowest BCUT2D eigenvalue weighted by Gasteiger charge is -2.06. The molecule has 10 heavy (non-hydrogen) atoms. The lowest BCUT2D eigenvalue weighted by Crippen LogP contribution is -2.28. The van der Waals surface area contributed by atoms with Crippen LogP contribution in [0.5, 0.6) is 0 Å². The summed E-state index contributed by atoms with van der Waals surface area (Å²) < 4.78 is 0. The molecule has 1 rings (SSSR count). The first kappa shape index (κ1) is 7.54. The first-order chi connectivity index (χ1) is 4.84. The number of rotatable bonds is 0. The van der Waals surface area contributed by atoms with Crippen molar-refractivity contribution in [3.05, 3.63) is 0 Å². The summed E-state index contributed by atoms with van der Waals surface area (Å²) >= 11 is 0. The maximum Gasteiger partial charge on any atom is 0.0737 e. The fourth-order valence-corrected chi connectivity index (χ4v) is 1.32. The van der Waals surface area contributed by atoms with Crippen LogP contribution in [0.15, 0.2) is 5.16 Å². The molecule has 1 fully saturated rings. The second kappa shape index (κ2) is 3.56. The van der Waals surface area contributed by atoms with Crippen molar-refractivity contribution in [2.24, 2.45) is 10.9 Å². The minimum atomic E-state index is 0.00694. The molecule has 0 saturated heterocycles. The Balaban J connectivity index is 2.52. The van der Waals surface area contributed by atoms with Gasteiger partial charge in [0, 0.05) is 6.04 Å². The molecule has 0 aromatic carbocycles. The number of oxime groups is 1. The van der Waals surface area contributed by atoms with Crippen molar-refractivity contribution >= 4 is 5.71 Å². The highest BCUT2D eigenvalue weighted by atomic mass is 16.4. The normalized spacial score (nSPS) is 32.1. The van der Waals surface area contributed by atoms with Gasteiger partial charge in [0.2, 0.25) is 0 Å². The van der Waals surface area contributed by atoms with Crippen LogP contribution in [0.3, 0.4) is 0 Å². The molecule has 3 nitrogen and oxygen atoms in total. The smallest absolute Gasteiger partial charge is 0.0737 e. The van der Waals surface area contributed by atoms with E-state index in [2.05, 4.69) is 5.16 Å². The van der Waals surface area contributed by atoms with Crippen molar-refractivity contribution in [3.8, 4) is 0 Å². The third-order valence-electron chi connectivity index (χ3n) is 2.00. The van der Waals surface area contributed by atoms with E-state index in [1.54, 1.807) is 0 Å². The van der Waals surface area contributed by atoms with E-state index < -0.39 is 0 Å². The van der Waals surface area contributed by atoms with Gasteiger partial charge < -0.3 is 10.9 Å². The minimum Gasteiger partial charge on any atom is -0.411 e. The molecule has 1 atom stereocenters. The van der Waals surface area contributed by atoms with Crippen LogP contribution >= 0.6 is 0 Å². The summed E-state index contributed by atoms with van der Waals surface area (Å²) in [6.07, 6.45) is 5.34. The van der Waals surface area contributed by atoms with Crippen molar-refractivity contribution in [1.82, 2.24) is 0 Å². The molecule has 1 aliphatic rings. The molecule has 1 aliphatic carbocycles. The lowest BCUT2D eigenvalue weighted by atomic mass is 10.1. The number of hydrogen-bond acceptors (Lipinski definition) is 3. The molecule has 0 spiro atoms. The van der Waals surface area contributed by atoms with Crippen LogP contribution in [-0.2, 0) is 0 Å². The van der Waals surface area contributed by atoms with Gasteiger partial charge in [-0.05, 0) is 19.3 Å². The molecule has 0 aromatic heterocycles. The third kappa shape index (κ3) is 1.70. The highest BCUT2D eigenvalue weighted by Crippen LogP contribution is 2.13. The Morgan fingerprint density at radius 1 is 1.40 bits per heavy atom. The van der Waals surface area contributed by atoms with E-state index in [0.29, 0.717) is 0 Å². The Labute approximate surface area is 60.9 Å². The fraction of sp³-hybridized carbons (Fsp3) is 0.857. The first-order valence-corrected chi connectivity index (χ1v) is 3.81. The van der Waals surface area contributed by atoms with Crippen LogP contribution < -0.4 is 5.73 Å². The van der Waals surface area contributed by atoms with Crippen molar-refractivity contribution in [2.45, 2.75) is 38.1 Å². The Morgan fingerprint density at radius 2 is 2.20 bits per heavy atom. The van der Waals surface area contributed by atoms with Gasteiger partial charge in [0.15, 0.2) is 0 Å². The summed E-state index contributed by atoms with van der Waals surface area (Å²) in [6, 6.07) is 0.00694. The van der Waals surface area contributed by atoms with E-state index in [-0.39, 0.29) is 6.04 Å². The average Bonchev–Trinajstić information content (AvgIpc) is 2.13. The molecule has 0 amide bonds. The van der Waals surface area contributed by atoms with E-state index in [1.165, 1.54) is 12.8 Å². The molecule has 0 radical (unpaired) electrons. The van der Waals surface area contributed by atoms with Gasteiger partial charge in [0.25, 0.3) is 0 Å². The molecule has 1 unspecified atom stereocenters. The molecule has 0 bridgehead atoms. The molecular formula is C7H14N2O. The van der Waals surface area contributed by atoms with Gasteiger partial charge >= 0.3 is 0 Å². The Morgan fingerprint density at radius 3 is 2.90 bits per heavy atom. The minimum absolute atomic E-state index is 0.00694. The van der Waals surface area contributed by atoms with Crippen molar-refractivity contribution in [2.75, 3.05) is 0 Å². The first-order valence-electron chi connectivity index (χ1n) is 3.81. The summed E-state index contributed by atoms with van der Waals surface area (Å²) in [6.45, 7) is 0. The average molecular weight is 142 g/mol. The van der Waals surface area contributed by atoms with Crippen LogP contribution in [0.25, 0.3) is 0 Å². The van der Waals surface area contributed by atoms with Gasteiger partial charge in [-0.25, -0.2) is 0 Å². The highest BCUT2D eigenvalue weighted by molar-refractivity contribution is 5.88. The zero-order valence-corrected chi connectivity index (χ0v) is 6.08. The molecule has 0 aromatic rings. The van der Waals surface area contributed by atoms with E-state index in [9.17, 15) is 0 Å². The van der Waals surface area contributed by atoms with E-state index in [4.69, 9.17) is 10.9 Å². The van der Waals surface area contributed by atoms with Crippen LogP contribution in [0, 0.1) is 0 Å². The van der Waals surface area contributed by atoms with Crippen molar-refractivity contribution in [3.63, 3.8) is 0 Å². The Kier molecular flexibility index (Phi) is 2.68. The number of nitrogens with zero attached hydrogens (tertiary/aromatic N) is 1. The van der Waals surface area contributed by atoms with Gasteiger partial charge in [-0.3, -0.25) is 0 Å². The largest absolute Gasteiger partial charge is 0.411 e. The number of nitrogens with two attached hydrogens (primary N) is 1. The SMILES string of the molecule is NC1CCCCCC1=NO. The lowest BCUT2D eigenvalue weighted by molar-refractivity contribution is 0.315. The molecule has 0 aliphatic heterocycles. The van der Waals surface area contributed by atoms with Gasteiger partial charge in [-0.2, -0.15) is 0 Å². The standard InChI is InChI=1S/C7H14N2O/c8-6-4-2-1-3-5-7(6)9-10/h6,10H,1-5,8H2. The molecule has 3 heteroatoms. The van der Waals surface area contributed by atoms with Gasteiger partial charge in [-0.15, -0.1) is 0 Å². The molecule has 58 valence electrons. The summed E-state index contributed by atoms with van der Waals surface area (Å²) in [5.74, 6) is 0. The van der Waals surface area contributed by atoms with E-state index in [0.717, 1.165) is 25.0 Å². The maximum atomic E-state index is 8.49. The fourth-order valence-electron chi connectivity index (χ4n) is 1.32. The quantitative estimate of drug-likeness (QED) is 0.302. The number of hydrogen-bond donors (Lipinski definition) is 2. The Hall–Kier alpha value is -0.570.